The third kappa shape index (κ3) is 5.20. The van der Waals surface area contributed by atoms with Crippen LogP contribution in [0, 0.1) is 10.1 Å². The van der Waals surface area contributed by atoms with E-state index in [1.54, 1.807) is 6.92 Å². The number of hydrogen-bond donors (Lipinski definition) is 2. The van der Waals surface area contributed by atoms with Gasteiger partial charge in [-0.15, -0.1) is 0 Å². The monoisotopic (exact) mass is 371 g/mol. The number of hydrogen-bond acceptors (Lipinski definition) is 5. The first-order chi connectivity index (χ1) is 12.6. The average Bonchev–Trinajstić information content (AvgIpc) is 2.61. The molecule has 1 amide bonds. The molecule has 1 atom stereocenters. The molecule has 7 heteroatoms. The van der Waals surface area contributed by atoms with Crippen LogP contribution in [0.25, 0.3) is 0 Å². The molecule has 0 saturated carbocycles. The van der Waals surface area contributed by atoms with E-state index in [4.69, 9.17) is 4.74 Å². The van der Waals surface area contributed by atoms with Crippen LogP contribution in [0.5, 0.6) is 5.75 Å². The lowest BCUT2D eigenvalue weighted by molar-refractivity contribution is -0.384. The molecule has 0 aliphatic carbocycles. The van der Waals surface area contributed by atoms with Crippen LogP contribution in [-0.4, -0.2) is 24.0 Å². The summed E-state index contributed by atoms with van der Waals surface area (Å²) in [7, 11) is 1.44. The predicted molar refractivity (Wildman–Crippen MR) is 107 cm³/mol. The van der Waals surface area contributed by atoms with E-state index < -0.39 is 11.0 Å². The van der Waals surface area contributed by atoms with Gasteiger partial charge in [-0.3, -0.25) is 14.9 Å². The largest absolute Gasteiger partial charge is 0.495 e. The number of amides is 1. The average molecular weight is 371 g/mol. The van der Waals surface area contributed by atoms with E-state index in [1.165, 1.54) is 30.9 Å². The number of methoxy groups -OCH3 is 1. The molecule has 0 radical (unpaired) electrons. The van der Waals surface area contributed by atoms with Gasteiger partial charge < -0.3 is 15.4 Å². The van der Waals surface area contributed by atoms with Crippen LogP contribution in [0.4, 0.5) is 17.1 Å². The summed E-state index contributed by atoms with van der Waals surface area (Å²) in [5.74, 6) is 0.0318. The highest BCUT2D eigenvalue weighted by atomic mass is 16.6. The third-order valence-corrected chi connectivity index (χ3v) is 4.18. The van der Waals surface area contributed by atoms with Gasteiger partial charge in [0.2, 0.25) is 5.91 Å². The normalized spacial score (nSPS) is 12.2. The lowest BCUT2D eigenvalue weighted by atomic mass is 9.87. The van der Waals surface area contributed by atoms with E-state index in [-0.39, 0.29) is 22.7 Å². The second-order valence-corrected chi connectivity index (χ2v) is 7.32. The maximum Gasteiger partial charge on any atom is 0.271 e. The minimum absolute atomic E-state index is 0.0557. The van der Waals surface area contributed by atoms with Crippen LogP contribution in [-0.2, 0) is 10.2 Å². The zero-order chi connectivity index (χ0) is 20.2. The van der Waals surface area contributed by atoms with Crippen LogP contribution >= 0.6 is 0 Å². The van der Waals surface area contributed by atoms with Gasteiger partial charge >= 0.3 is 0 Å². The number of ether oxygens (including phenoxy) is 1. The number of nitro benzene ring substituents is 1. The van der Waals surface area contributed by atoms with E-state index in [1.807, 2.05) is 24.3 Å². The van der Waals surface area contributed by atoms with E-state index in [0.717, 1.165) is 5.69 Å². The van der Waals surface area contributed by atoms with Crippen molar-refractivity contribution in [3.05, 3.63) is 58.1 Å². The number of carbonyl (C=O) groups is 1. The molecule has 0 aliphatic rings. The van der Waals surface area contributed by atoms with Crippen LogP contribution in [0.1, 0.15) is 33.3 Å². The molecule has 2 N–H and O–H groups in total. The third-order valence-electron chi connectivity index (χ3n) is 4.18. The summed E-state index contributed by atoms with van der Waals surface area (Å²) in [6, 6.07) is 11.4. The molecular weight excluding hydrogens is 346 g/mol. The van der Waals surface area contributed by atoms with Crippen molar-refractivity contribution in [1.29, 1.82) is 0 Å². The number of nitro groups is 1. The van der Waals surface area contributed by atoms with E-state index in [9.17, 15) is 14.9 Å². The van der Waals surface area contributed by atoms with E-state index in [2.05, 4.69) is 31.4 Å². The summed E-state index contributed by atoms with van der Waals surface area (Å²) in [5.41, 5.74) is 2.21. The molecule has 0 fully saturated rings. The standard InChI is InChI=1S/C20H25N3O4/c1-13(21-15-8-6-14(7-9-15)20(2,3)4)19(24)22-17-12-16(23(25)26)10-11-18(17)27-5/h6-13,21H,1-5H3,(H,22,24)/t13-/m0/s1. The summed E-state index contributed by atoms with van der Waals surface area (Å²) in [6.45, 7) is 8.13. The molecule has 0 aliphatic heterocycles. The first kappa shape index (κ1) is 20.2. The van der Waals surface area contributed by atoms with Crippen molar-refractivity contribution < 1.29 is 14.5 Å². The number of nitrogens with zero attached hydrogens (tertiary/aromatic N) is 1. The van der Waals surface area contributed by atoms with Gasteiger partial charge in [-0.1, -0.05) is 32.9 Å². The van der Waals surface area contributed by atoms with Gasteiger partial charge in [0, 0.05) is 17.8 Å². The van der Waals surface area contributed by atoms with Crippen molar-refractivity contribution >= 4 is 23.0 Å². The van der Waals surface area contributed by atoms with E-state index >= 15 is 0 Å². The van der Waals surface area contributed by atoms with Crippen molar-refractivity contribution in [3.8, 4) is 5.75 Å². The second-order valence-electron chi connectivity index (χ2n) is 7.32. The Balaban J connectivity index is 2.09. The molecule has 0 unspecified atom stereocenters. The summed E-state index contributed by atoms with van der Waals surface area (Å²) in [6.07, 6.45) is 0. The molecular formula is C20H25N3O4. The quantitative estimate of drug-likeness (QED) is 0.582. The minimum Gasteiger partial charge on any atom is -0.495 e. The van der Waals surface area contributed by atoms with Crippen molar-refractivity contribution in [2.24, 2.45) is 0 Å². The molecule has 0 saturated heterocycles. The Bertz CT molecular complexity index is 826. The van der Waals surface area contributed by atoms with Gasteiger partial charge in [-0.2, -0.15) is 0 Å². The highest BCUT2D eigenvalue weighted by molar-refractivity contribution is 5.97. The highest BCUT2D eigenvalue weighted by Crippen LogP contribution is 2.29. The molecule has 0 heterocycles. The first-order valence-corrected chi connectivity index (χ1v) is 8.62. The molecule has 2 rings (SSSR count). The number of nitrogens with one attached hydrogen (secondary N) is 2. The summed E-state index contributed by atoms with van der Waals surface area (Å²) >= 11 is 0. The maximum absolute atomic E-state index is 12.5. The Morgan fingerprint density at radius 2 is 1.78 bits per heavy atom. The Morgan fingerprint density at radius 3 is 2.30 bits per heavy atom. The zero-order valence-electron chi connectivity index (χ0n) is 16.2. The Kier molecular flexibility index (Phi) is 6.05. The minimum atomic E-state index is -0.547. The number of non-ortho nitro benzene ring substituents is 1. The summed E-state index contributed by atoms with van der Waals surface area (Å²) in [5, 5.41) is 16.8. The van der Waals surface area contributed by atoms with Crippen molar-refractivity contribution in [2.45, 2.75) is 39.2 Å². The molecule has 0 spiro atoms. The van der Waals surface area contributed by atoms with Crippen molar-refractivity contribution in [3.63, 3.8) is 0 Å². The summed E-state index contributed by atoms with van der Waals surface area (Å²) in [4.78, 5) is 22.9. The zero-order valence-corrected chi connectivity index (χ0v) is 16.2. The van der Waals surface area contributed by atoms with Gasteiger partial charge in [0.05, 0.1) is 17.7 Å². The van der Waals surface area contributed by atoms with Gasteiger partial charge in [0.1, 0.15) is 11.8 Å². The lowest BCUT2D eigenvalue weighted by Crippen LogP contribution is -2.32. The Hall–Kier alpha value is -3.09. The molecule has 7 nitrogen and oxygen atoms in total. The SMILES string of the molecule is COc1ccc([N+](=O)[O-])cc1NC(=O)[C@H](C)Nc1ccc(C(C)(C)C)cc1. The molecule has 0 aromatic heterocycles. The molecule has 27 heavy (non-hydrogen) atoms. The van der Waals surface area contributed by atoms with Crippen LogP contribution in [0.2, 0.25) is 0 Å². The maximum atomic E-state index is 12.5. The van der Waals surface area contributed by atoms with Gasteiger partial charge in [0.25, 0.3) is 5.69 Å². The van der Waals surface area contributed by atoms with Crippen LogP contribution < -0.4 is 15.4 Å². The number of carbonyl (C=O) groups excluding carboxylic acids is 1. The Labute approximate surface area is 158 Å². The van der Waals surface area contributed by atoms with Crippen molar-refractivity contribution in [1.82, 2.24) is 0 Å². The first-order valence-electron chi connectivity index (χ1n) is 8.62. The number of anilines is 2. The summed E-state index contributed by atoms with van der Waals surface area (Å²) < 4.78 is 5.17. The van der Waals surface area contributed by atoms with Crippen LogP contribution in [0.15, 0.2) is 42.5 Å². The fraction of sp³-hybridized carbons (Fsp3) is 0.350. The molecule has 2 aromatic carbocycles. The highest BCUT2D eigenvalue weighted by Gasteiger charge is 2.18. The van der Waals surface area contributed by atoms with Gasteiger partial charge in [-0.25, -0.2) is 0 Å². The van der Waals surface area contributed by atoms with Crippen molar-refractivity contribution in [2.75, 3.05) is 17.7 Å². The van der Waals surface area contributed by atoms with Gasteiger partial charge in [-0.05, 0) is 36.1 Å². The molecule has 0 bridgehead atoms. The predicted octanol–water partition coefficient (Wildman–Crippen LogP) is 4.34. The topological polar surface area (TPSA) is 93.5 Å². The molecule has 2 aromatic rings. The second kappa shape index (κ2) is 8.07. The lowest BCUT2D eigenvalue weighted by Gasteiger charge is -2.20. The van der Waals surface area contributed by atoms with Crippen LogP contribution in [0.3, 0.4) is 0 Å². The Morgan fingerprint density at radius 1 is 1.15 bits per heavy atom. The number of benzene rings is 2. The fourth-order valence-corrected chi connectivity index (χ4v) is 2.53. The van der Waals surface area contributed by atoms with E-state index in [0.29, 0.717) is 5.75 Å². The number of rotatable bonds is 6. The fourth-order valence-electron chi connectivity index (χ4n) is 2.53. The van der Waals surface area contributed by atoms with Gasteiger partial charge in [0.15, 0.2) is 0 Å². The smallest absolute Gasteiger partial charge is 0.271 e. The molecule has 144 valence electrons.